The Labute approximate surface area is 128 Å². The predicted molar refractivity (Wildman–Crippen MR) is 81.6 cm³/mol. The van der Waals surface area contributed by atoms with Crippen LogP contribution in [0.3, 0.4) is 0 Å². The van der Waals surface area contributed by atoms with Gasteiger partial charge in [0.1, 0.15) is 12.8 Å². The number of benzene rings is 1. The maximum atomic E-state index is 13.0. The highest BCUT2D eigenvalue weighted by atomic mass is 19.1. The number of halogens is 1. The van der Waals surface area contributed by atoms with Crippen molar-refractivity contribution in [3.8, 4) is 11.1 Å². The van der Waals surface area contributed by atoms with Gasteiger partial charge in [-0.2, -0.15) is 0 Å². The fourth-order valence-corrected chi connectivity index (χ4v) is 2.11. The molecule has 2 atom stereocenters. The zero-order valence-corrected chi connectivity index (χ0v) is 11.9. The lowest BCUT2D eigenvalue weighted by Crippen LogP contribution is -2.43. The molecule has 0 aliphatic rings. The van der Waals surface area contributed by atoms with Crippen molar-refractivity contribution in [3.05, 3.63) is 54.4 Å². The monoisotopic (exact) mass is 303 g/mol. The zero-order chi connectivity index (χ0) is 15.9. The van der Waals surface area contributed by atoms with Crippen LogP contribution in [-0.2, 0) is 4.79 Å². The molecular formula is C16H18FN3O2. The van der Waals surface area contributed by atoms with E-state index in [1.165, 1.54) is 0 Å². The molecule has 0 radical (unpaired) electrons. The van der Waals surface area contributed by atoms with E-state index >= 15 is 0 Å². The highest BCUT2D eigenvalue weighted by Gasteiger charge is 2.22. The number of aliphatic hydroxyl groups excluding tert-OH is 1. The van der Waals surface area contributed by atoms with Gasteiger partial charge in [-0.1, -0.05) is 30.3 Å². The Bertz CT molecular complexity index is 605. The normalized spacial score (nSPS) is 13.4. The van der Waals surface area contributed by atoms with Gasteiger partial charge >= 0.3 is 0 Å². The number of aliphatic hydroxyl groups is 1. The smallest absolute Gasteiger partial charge is 0.234 e. The van der Waals surface area contributed by atoms with Gasteiger partial charge in [-0.3, -0.25) is 9.78 Å². The van der Waals surface area contributed by atoms with Gasteiger partial charge in [0.05, 0.1) is 12.6 Å². The molecule has 6 heteroatoms. The molecule has 5 nitrogen and oxygen atoms in total. The molecule has 1 aromatic heterocycles. The average molecular weight is 303 g/mol. The number of amides is 1. The molecule has 0 aliphatic carbocycles. The number of hydrogen-bond donors (Lipinski definition) is 3. The summed E-state index contributed by atoms with van der Waals surface area (Å²) in [5.74, 6) is -0.506. The summed E-state index contributed by atoms with van der Waals surface area (Å²) < 4.78 is 13.0. The number of rotatable bonds is 6. The molecule has 0 saturated heterocycles. The Kier molecular flexibility index (Phi) is 5.57. The van der Waals surface area contributed by atoms with Crippen LogP contribution in [0.5, 0.6) is 0 Å². The molecule has 22 heavy (non-hydrogen) atoms. The highest BCUT2D eigenvalue weighted by molar-refractivity contribution is 5.78. The van der Waals surface area contributed by atoms with Crippen LogP contribution in [0, 0.1) is 0 Å². The minimum atomic E-state index is -1.14. The number of carbonyl (C=O) groups is 1. The summed E-state index contributed by atoms with van der Waals surface area (Å²) in [4.78, 5) is 15.3. The summed E-state index contributed by atoms with van der Waals surface area (Å²) >= 11 is 0. The van der Waals surface area contributed by atoms with Crippen LogP contribution in [0.1, 0.15) is 11.7 Å². The first kappa shape index (κ1) is 16.1. The number of pyridine rings is 1. The Morgan fingerprint density at radius 3 is 2.55 bits per heavy atom. The van der Waals surface area contributed by atoms with Crippen LogP contribution in [0.4, 0.5) is 4.39 Å². The summed E-state index contributed by atoms with van der Waals surface area (Å²) in [6.07, 6.45) is 2.29. The van der Waals surface area contributed by atoms with Crippen molar-refractivity contribution in [3.63, 3.8) is 0 Å². The van der Waals surface area contributed by atoms with Gasteiger partial charge in [-0.25, -0.2) is 4.39 Å². The van der Waals surface area contributed by atoms with E-state index in [0.29, 0.717) is 5.56 Å². The lowest BCUT2D eigenvalue weighted by molar-refractivity contribution is -0.121. The van der Waals surface area contributed by atoms with Gasteiger partial charge in [0, 0.05) is 12.4 Å². The summed E-state index contributed by atoms with van der Waals surface area (Å²) in [7, 11) is 0. The number of alkyl halides is 1. The lowest BCUT2D eigenvalue weighted by Gasteiger charge is -2.21. The van der Waals surface area contributed by atoms with Crippen molar-refractivity contribution in [2.75, 3.05) is 13.2 Å². The Hall–Kier alpha value is -2.31. The van der Waals surface area contributed by atoms with Crippen LogP contribution in [0.25, 0.3) is 11.1 Å². The molecule has 1 amide bonds. The molecule has 2 unspecified atom stereocenters. The standard InChI is InChI=1S/C16H18FN3O2/c17-8-14(20-15(21)9-18)16(22)12-5-3-11(4-6-12)13-2-1-7-19-10-13/h1-7,10,14,16,22H,8-9,18H2,(H,20,21). The summed E-state index contributed by atoms with van der Waals surface area (Å²) in [5, 5.41) is 12.5. The van der Waals surface area contributed by atoms with E-state index in [4.69, 9.17) is 5.73 Å². The van der Waals surface area contributed by atoms with Gasteiger partial charge in [0.25, 0.3) is 0 Å². The molecule has 1 aromatic carbocycles. The van der Waals surface area contributed by atoms with Crippen LogP contribution in [-0.4, -0.2) is 35.3 Å². The van der Waals surface area contributed by atoms with E-state index in [9.17, 15) is 14.3 Å². The van der Waals surface area contributed by atoms with Crippen LogP contribution < -0.4 is 11.1 Å². The fraction of sp³-hybridized carbons (Fsp3) is 0.250. The molecule has 0 spiro atoms. The second kappa shape index (κ2) is 7.63. The van der Waals surface area contributed by atoms with Gasteiger partial charge in [0.15, 0.2) is 0 Å². The second-order valence-corrected chi connectivity index (χ2v) is 4.84. The molecule has 0 bridgehead atoms. The third-order valence-electron chi connectivity index (χ3n) is 3.33. The van der Waals surface area contributed by atoms with Crippen molar-refractivity contribution in [1.29, 1.82) is 0 Å². The first-order valence-electron chi connectivity index (χ1n) is 6.89. The van der Waals surface area contributed by atoms with E-state index < -0.39 is 24.7 Å². The molecule has 2 aromatic rings. The molecule has 4 N–H and O–H groups in total. The Morgan fingerprint density at radius 2 is 2.00 bits per heavy atom. The first-order valence-corrected chi connectivity index (χ1v) is 6.89. The van der Waals surface area contributed by atoms with Crippen LogP contribution >= 0.6 is 0 Å². The lowest BCUT2D eigenvalue weighted by atomic mass is 9.99. The van der Waals surface area contributed by atoms with Crippen LogP contribution in [0.2, 0.25) is 0 Å². The Balaban J connectivity index is 2.13. The highest BCUT2D eigenvalue weighted by Crippen LogP contribution is 2.23. The maximum absolute atomic E-state index is 13.0. The topological polar surface area (TPSA) is 88.2 Å². The van der Waals surface area contributed by atoms with Crippen molar-refractivity contribution in [1.82, 2.24) is 10.3 Å². The zero-order valence-electron chi connectivity index (χ0n) is 11.9. The third-order valence-corrected chi connectivity index (χ3v) is 3.33. The first-order chi connectivity index (χ1) is 10.7. The minimum absolute atomic E-state index is 0.247. The van der Waals surface area contributed by atoms with Gasteiger partial charge in [0.2, 0.25) is 5.91 Å². The van der Waals surface area contributed by atoms with E-state index in [0.717, 1.165) is 11.1 Å². The fourth-order valence-electron chi connectivity index (χ4n) is 2.11. The maximum Gasteiger partial charge on any atom is 0.234 e. The SMILES string of the molecule is NCC(=O)NC(CF)C(O)c1ccc(-c2cccnc2)cc1. The van der Waals surface area contributed by atoms with Gasteiger partial charge in [-0.15, -0.1) is 0 Å². The Morgan fingerprint density at radius 1 is 1.27 bits per heavy atom. The number of nitrogens with two attached hydrogens (primary N) is 1. The third kappa shape index (κ3) is 3.87. The number of carbonyl (C=O) groups excluding carboxylic acids is 1. The molecule has 1 heterocycles. The summed E-state index contributed by atoms with van der Waals surface area (Å²) in [5.41, 5.74) is 7.58. The van der Waals surface area contributed by atoms with E-state index in [1.54, 1.807) is 24.5 Å². The van der Waals surface area contributed by atoms with Crippen molar-refractivity contribution in [2.45, 2.75) is 12.1 Å². The van der Waals surface area contributed by atoms with Gasteiger partial charge in [-0.05, 0) is 22.8 Å². The predicted octanol–water partition coefficient (Wildman–Crippen LogP) is 1.20. The quantitative estimate of drug-likeness (QED) is 0.748. The molecule has 0 saturated carbocycles. The molecule has 0 fully saturated rings. The van der Waals surface area contributed by atoms with Crippen molar-refractivity contribution >= 4 is 5.91 Å². The average Bonchev–Trinajstić information content (AvgIpc) is 2.59. The summed E-state index contributed by atoms with van der Waals surface area (Å²) in [6, 6.07) is 9.77. The number of aromatic nitrogens is 1. The molecule has 2 rings (SSSR count). The number of nitrogens with zero attached hydrogens (tertiary/aromatic N) is 1. The van der Waals surface area contributed by atoms with E-state index in [-0.39, 0.29) is 6.54 Å². The minimum Gasteiger partial charge on any atom is -0.386 e. The molecule has 116 valence electrons. The molecular weight excluding hydrogens is 285 g/mol. The number of nitrogens with one attached hydrogen (secondary N) is 1. The van der Waals surface area contributed by atoms with Crippen LogP contribution in [0.15, 0.2) is 48.8 Å². The molecule has 0 aliphatic heterocycles. The van der Waals surface area contributed by atoms with Gasteiger partial charge < -0.3 is 16.2 Å². The second-order valence-electron chi connectivity index (χ2n) is 4.84. The largest absolute Gasteiger partial charge is 0.386 e. The summed E-state index contributed by atoms with van der Waals surface area (Å²) in [6.45, 7) is -1.12. The van der Waals surface area contributed by atoms with E-state index in [2.05, 4.69) is 10.3 Å². The van der Waals surface area contributed by atoms with Crippen molar-refractivity contribution in [2.24, 2.45) is 5.73 Å². The van der Waals surface area contributed by atoms with E-state index in [1.807, 2.05) is 24.3 Å². The van der Waals surface area contributed by atoms with Crippen molar-refractivity contribution < 1.29 is 14.3 Å². The number of hydrogen-bond acceptors (Lipinski definition) is 4.